The Morgan fingerprint density at radius 1 is 0.438 bits per heavy atom. The molecule has 5 rings (SSSR count). The van der Waals surface area contributed by atoms with Crippen molar-refractivity contribution in [3.63, 3.8) is 0 Å². The zero-order valence-corrected chi connectivity index (χ0v) is 18.1. The van der Waals surface area contributed by atoms with Crippen molar-refractivity contribution in [2.75, 3.05) is 9.80 Å². The molecule has 4 aromatic rings. The number of para-hydroxylation sites is 4. The van der Waals surface area contributed by atoms with Gasteiger partial charge in [-0.05, 0) is 60.7 Å². The molecule has 0 aromatic heterocycles. The number of nitrogens with zero attached hydrogens (tertiary/aromatic N) is 4. The zero-order valence-electron chi connectivity index (χ0n) is 17.2. The van der Waals surface area contributed by atoms with Crippen molar-refractivity contribution >= 4 is 51.8 Å². The molecule has 1 saturated heterocycles. The van der Waals surface area contributed by atoms with E-state index in [1.165, 1.54) is 0 Å². The van der Waals surface area contributed by atoms with Gasteiger partial charge in [-0.1, -0.05) is 72.8 Å². The average Bonchev–Trinajstić information content (AvgIpc) is 3.12. The highest BCUT2D eigenvalue weighted by molar-refractivity contribution is 7.81. The van der Waals surface area contributed by atoms with E-state index in [0.717, 1.165) is 22.7 Å². The van der Waals surface area contributed by atoms with E-state index >= 15 is 0 Å². The van der Waals surface area contributed by atoms with Crippen LogP contribution in [0.4, 0.5) is 22.7 Å². The van der Waals surface area contributed by atoms with Crippen LogP contribution in [0.1, 0.15) is 0 Å². The van der Waals surface area contributed by atoms with Gasteiger partial charge in [0.2, 0.25) is 0 Å². The number of anilines is 2. The molecule has 1 fully saturated rings. The normalized spacial score (nSPS) is 16.2. The molecule has 0 unspecified atom stereocenters. The third kappa shape index (κ3) is 3.94. The molecule has 0 radical (unpaired) electrons. The van der Waals surface area contributed by atoms with E-state index in [0.29, 0.717) is 16.8 Å². The van der Waals surface area contributed by atoms with E-state index in [2.05, 4.69) is 0 Å². The molecule has 0 atom stereocenters. The molecule has 1 aliphatic heterocycles. The van der Waals surface area contributed by atoms with Gasteiger partial charge in [0.25, 0.3) is 0 Å². The molecule has 154 valence electrons. The summed E-state index contributed by atoms with van der Waals surface area (Å²) in [6, 6.07) is 39.9. The molecular weight excluding hydrogens is 412 g/mol. The minimum absolute atomic E-state index is 0.603. The summed E-state index contributed by atoms with van der Waals surface area (Å²) >= 11 is 6.00. The third-order valence-electron chi connectivity index (χ3n) is 5.02. The van der Waals surface area contributed by atoms with Crippen molar-refractivity contribution in [1.29, 1.82) is 0 Å². The number of thiocarbonyl (C=S) groups is 1. The van der Waals surface area contributed by atoms with Crippen LogP contribution >= 0.6 is 12.2 Å². The zero-order chi connectivity index (χ0) is 21.8. The van der Waals surface area contributed by atoms with Crippen LogP contribution in [-0.4, -0.2) is 16.8 Å². The summed E-state index contributed by atoms with van der Waals surface area (Å²) in [5, 5.41) is 0.603. The van der Waals surface area contributed by atoms with Crippen LogP contribution in [0, 0.1) is 0 Å². The summed E-state index contributed by atoms with van der Waals surface area (Å²) < 4.78 is 0. The van der Waals surface area contributed by atoms with Gasteiger partial charge in [-0.25, -0.2) is 9.98 Å². The van der Waals surface area contributed by atoms with Crippen LogP contribution in [0.2, 0.25) is 0 Å². The minimum Gasteiger partial charge on any atom is -0.268 e. The minimum atomic E-state index is 0.603. The fourth-order valence-corrected chi connectivity index (χ4v) is 3.93. The lowest BCUT2D eigenvalue weighted by Crippen LogP contribution is -2.33. The molecule has 0 spiro atoms. The second-order valence-electron chi connectivity index (χ2n) is 7.17. The number of hydrogen-bond acceptors (Lipinski definition) is 3. The molecule has 0 bridgehead atoms. The maximum absolute atomic E-state index is 6.00. The molecule has 0 N–H and O–H groups in total. The fraction of sp³-hybridized carbons (Fsp3) is 0. The molecule has 1 aliphatic rings. The van der Waals surface area contributed by atoms with Gasteiger partial charge in [0.05, 0.1) is 11.4 Å². The van der Waals surface area contributed by atoms with Gasteiger partial charge in [-0.2, -0.15) is 0 Å². The van der Waals surface area contributed by atoms with Crippen LogP contribution in [-0.2, 0) is 0 Å². The predicted molar refractivity (Wildman–Crippen MR) is 138 cm³/mol. The molecular formula is C27H20N4S. The van der Waals surface area contributed by atoms with Gasteiger partial charge in [0.1, 0.15) is 0 Å². The monoisotopic (exact) mass is 432 g/mol. The first-order valence-electron chi connectivity index (χ1n) is 10.3. The van der Waals surface area contributed by atoms with Crippen LogP contribution in [0.25, 0.3) is 0 Å². The van der Waals surface area contributed by atoms with Gasteiger partial charge in [0, 0.05) is 11.4 Å². The standard InChI is InChI=1S/C27H20N4S/c32-27-30(23-17-9-3-10-18-23)25(28-21-13-5-1-6-14-21)26(29-22-15-7-2-8-16-22)31(27)24-19-11-4-12-20-24/h1-20H. The highest BCUT2D eigenvalue weighted by Crippen LogP contribution is 2.31. The molecule has 0 saturated carbocycles. The highest BCUT2D eigenvalue weighted by Gasteiger charge is 2.39. The maximum atomic E-state index is 6.00. The predicted octanol–water partition coefficient (Wildman–Crippen LogP) is 6.76. The first-order valence-corrected chi connectivity index (χ1v) is 10.7. The van der Waals surface area contributed by atoms with Gasteiger partial charge in [-0.3, -0.25) is 9.80 Å². The van der Waals surface area contributed by atoms with Crippen molar-refractivity contribution in [2.24, 2.45) is 9.98 Å². The van der Waals surface area contributed by atoms with Crippen molar-refractivity contribution < 1.29 is 0 Å². The number of amidine groups is 2. The molecule has 4 nitrogen and oxygen atoms in total. The summed E-state index contributed by atoms with van der Waals surface area (Å²) in [6.45, 7) is 0. The van der Waals surface area contributed by atoms with Crippen LogP contribution in [0.5, 0.6) is 0 Å². The van der Waals surface area contributed by atoms with Crippen molar-refractivity contribution in [2.45, 2.75) is 0 Å². The molecule has 4 aromatic carbocycles. The third-order valence-corrected chi connectivity index (χ3v) is 5.38. The summed E-state index contributed by atoms with van der Waals surface area (Å²) in [6.07, 6.45) is 0. The van der Waals surface area contributed by atoms with E-state index in [4.69, 9.17) is 22.2 Å². The Labute approximate surface area is 192 Å². The van der Waals surface area contributed by atoms with Crippen LogP contribution < -0.4 is 9.80 Å². The van der Waals surface area contributed by atoms with E-state index in [-0.39, 0.29) is 0 Å². The number of rotatable bonds is 4. The molecule has 1 heterocycles. The van der Waals surface area contributed by atoms with Crippen LogP contribution in [0.15, 0.2) is 131 Å². The summed E-state index contributed by atoms with van der Waals surface area (Å²) in [5.41, 5.74) is 3.54. The Morgan fingerprint density at radius 3 is 1.09 bits per heavy atom. The van der Waals surface area contributed by atoms with Crippen LogP contribution in [0.3, 0.4) is 0 Å². The first-order chi connectivity index (χ1) is 15.8. The summed E-state index contributed by atoms with van der Waals surface area (Å²) in [7, 11) is 0. The second kappa shape index (κ2) is 8.96. The lowest BCUT2D eigenvalue weighted by Gasteiger charge is -2.20. The Hall–Kier alpha value is -4.09. The molecule has 0 amide bonds. The number of benzene rings is 4. The van der Waals surface area contributed by atoms with Gasteiger partial charge in [-0.15, -0.1) is 0 Å². The smallest absolute Gasteiger partial charge is 0.192 e. The Morgan fingerprint density at radius 2 is 0.750 bits per heavy atom. The Balaban J connectivity index is 1.75. The maximum Gasteiger partial charge on any atom is 0.192 e. The molecule has 5 heteroatoms. The lowest BCUT2D eigenvalue weighted by atomic mass is 10.2. The average molecular weight is 433 g/mol. The van der Waals surface area contributed by atoms with E-state index in [9.17, 15) is 0 Å². The topological polar surface area (TPSA) is 31.2 Å². The first kappa shape index (κ1) is 19.8. The summed E-state index contributed by atoms with van der Waals surface area (Å²) in [5.74, 6) is 1.36. The van der Waals surface area contributed by atoms with E-state index < -0.39 is 0 Å². The van der Waals surface area contributed by atoms with Gasteiger partial charge in [0.15, 0.2) is 16.8 Å². The molecule has 0 aliphatic carbocycles. The quantitative estimate of drug-likeness (QED) is 0.334. The SMILES string of the molecule is S=C1N(c2ccccc2)C(=Nc2ccccc2)C(=Nc2ccccc2)N1c1ccccc1. The Kier molecular flexibility index (Phi) is 5.56. The molecule has 32 heavy (non-hydrogen) atoms. The largest absolute Gasteiger partial charge is 0.268 e. The summed E-state index contributed by atoms with van der Waals surface area (Å²) in [4.78, 5) is 14.0. The van der Waals surface area contributed by atoms with Crippen molar-refractivity contribution in [1.82, 2.24) is 0 Å². The van der Waals surface area contributed by atoms with E-state index in [1.807, 2.05) is 131 Å². The second-order valence-corrected chi connectivity index (χ2v) is 7.53. The Bertz CT molecular complexity index is 1170. The fourth-order valence-electron chi connectivity index (χ4n) is 3.55. The van der Waals surface area contributed by atoms with Gasteiger partial charge >= 0.3 is 0 Å². The number of hydrogen-bond donors (Lipinski definition) is 0. The van der Waals surface area contributed by atoms with E-state index in [1.54, 1.807) is 0 Å². The highest BCUT2D eigenvalue weighted by atomic mass is 32.1. The lowest BCUT2D eigenvalue weighted by molar-refractivity contribution is 1.40. The number of aliphatic imine (C=N–C) groups is 2. The van der Waals surface area contributed by atoms with Crippen molar-refractivity contribution in [3.05, 3.63) is 121 Å². The van der Waals surface area contributed by atoms with Crippen molar-refractivity contribution in [3.8, 4) is 0 Å². The van der Waals surface area contributed by atoms with Gasteiger partial charge < -0.3 is 0 Å².